The first-order valence-electron chi connectivity index (χ1n) is 16.1. The van der Waals surface area contributed by atoms with Gasteiger partial charge in [-0.15, -0.1) is 0 Å². The molecule has 3 heterocycles. The van der Waals surface area contributed by atoms with Crippen LogP contribution in [0.15, 0.2) is 79.1 Å². The number of rotatable bonds is 13. The maximum Gasteiger partial charge on any atom is 0.459 e. The number of aliphatic hydroxyl groups is 1. The molecule has 264 valence electrons. The molecule has 1 aliphatic heterocycles. The van der Waals surface area contributed by atoms with Crippen LogP contribution in [-0.2, 0) is 30.0 Å². The molecule has 6 rings (SSSR count). The van der Waals surface area contributed by atoms with Gasteiger partial charge in [-0.05, 0) is 36.8 Å². The smallest absolute Gasteiger partial charge is 0.459 e. The Bertz CT molecular complexity index is 2020. The quantitative estimate of drug-likeness (QED) is 0.111. The molecule has 15 heteroatoms. The normalized spacial score (nSPS) is 22.4. The van der Waals surface area contributed by atoms with Crippen LogP contribution in [0.5, 0.6) is 11.6 Å². The number of hydrogen-bond donors (Lipinski definition) is 2. The Labute approximate surface area is 288 Å². The van der Waals surface area contributed by atoms with Crippen LogP contribution in [0.25, 0.3) is 21.9 Å². The summed E-state index contributed by atoms with van der Waals surface area (Å²) in [6, 6.07) is 20.5. The van der Waals surface area contributed by atoms with Crippen molar-refractivity contribution in [3.05, 3.63) is 90.5 Å². The zero-order chi connectivity index (χ0) is 35.6. The van der Waals surface area contributed by atoms with E-state index < -0.39 is 56.4 Å². The Morgan fingerprint density at radius 2 is 1.82 bits per heavy atom. The van der Waals surface area contributed by atoms with Gasteiger partial charge in [0.25, 0.3) is 0 Å². The van der Waals surface area contributed by atoms with Crippen LogP contribution in [0, 0.1) is 12.8 Å². The highest BCUT2D eigenvalue weighted by Gasteiger charge is 2.55. The fourth-order valence-electron chi connectivity index (χ4n) is 5.79. The minimum absolute atomic E-state index is 0.00488. The summed E-state index contributed by atoms with van der Waals surface area (Å²) >= 11 is 0. The Morgan fingerprint density at radius 3 is 2.56 bits per heavy atom. The van der Waals surface area contributed by atoms with Crippen molar-refractivity contribution in [2.75, 3.05) is 13.7 Å². The third kappa shape index (κ3) is 7.21. The van der Waals surface area contributed by atoms with Crippen molar-refractivity contribution in [2.24, 2.45) is 5.92 Å². The van der Waals surface area contributed by atoms with E-state index in [0.717, 1.165) is 10.9 Å². The van der Waals surface area contributed by atoms with Crippen LogP contribution in [0.3, 0.4) is 0 Å². The average molecular weight is 708 g/mol. The lowest BCUT2D eigenvalue weighted by molar-refractivity contribution is -0.148. The first-order chi connectivity index (χ1) is 23.9. The van der Waals surface area contributed by atoms with Crippen molar-refractivity contribution in [1.29, 1.82) is 0 Å². The van der Waals surface area contributed by atoms with E-state index in [-0.39, 0.29) is 23.9 Å². The fourth-order valence-corrected chi connectivity index (χ4v) is 7.48. The minimum atomic E-state index is -4.50. The first-order valence-corrected chi connectivity index (χ1v) is 17.6. The Kier molecular flexibility index (Phi) is 10.2. The van der Waals surface area contributed by atoms with Gasteiger partial charge < -0.3 is 23.8 Å². The van der Waals surface area contributed by atoms with Crippen LogP contribution >= 0.6 is 7.75 Å². The van der Waals surface area contributed by atoms with Crippen molar-refractivity contribution >= 4 is 35.7 Å². The maximum atomic E-state index is 16.1. The van der Waals surface area contributed by atoms with Crippen LogP contribution in [-0.4, -0.2) is 68.2 Å². The number of nitrogens with zero attached hydrogens (tertiary/aromatic N) is 4. The number of imidazole rings is 1. The third-order valence-electron chi connectivity index (χ3n) is 8.45. The highest BCUT2D eigenvalue weighted by atomic mass is 31.2. The SMILES string of the molecule is COc1nc(C)nc2c1ncn2[C@@H]1O[C@H](COP(=O)(N[C@H](C(=O)OCc2ccccc2)C(C)C)Oc2cccc3ccccc23)[C@@H](F)[C@@]1(C)O. The lowest BCUT2D eigenvalue weighted by Gasteiger charge is -2.28. The van der Waals surface area contributed by atoms with Gasteiger partial charge in [-0.1, -0.05) is 80.6 Å². The number of alkyl halides is 1. The van der Waals surface area contributed by atoms with Gasteiger partial charge >= 0.3 is 13.7 Å². The number of carbonyl (C=O) groups excluding carboxylic acids is 1. The number of fused-ring (bicyclic) bond motifs is 2. The van der Waals surface area contributed by atoms with E-state index in [2.05, 4.69) is 20.0 Å². The van der Waals surface area contributed by atoms with Gasteiger partial charge in [0, 0.05) is 5.39 Å². The number of aryl methyl sites for hydroxylation is 1. The molecule has 50 heavy (non-hydrogen) atoms. The number of benzene rings is 3. The second-order valence-electron chi connectivity index (χ2n) is 12.6. The van der Waals surface area contributed by atoms with Crippen LogP contribution in [0.2, 0.25) is 0 Å². The van der Waals surface area contributed by atoms with Gasteiger partial charge in [0.1, 0.15) is 35.9 Å². The number of aromatic nitrogens is 4. The second-order valence-corrected chi connectivity index (χ2v) is 14.3. The topological polar surface area (TPSA) is 156 Å². The summed E-state index contributed by atoms with van der Waals surface area (Å²) in [5, 5.41) is 15.6. The lowest BCUT2D eigenvalue weighted by Crippen LogP contribution is -2.43. The molecule has 0 aliphatic carbocycles. The summed E-state index contributed by atoms with van der Waals surface area (Å²) in [6.07, 6.45) is -3.40. The molecule has 3 aromatic carbocycles. The summed E-state index contributed by atoms with van der Waals surface area (Å²) < 4.78 is 61.0. The van der Waals surface area contributed by atoms with Crippen molar-refractivity contribution in [3.63, 3.8) is 0 Å². The van der Waals surface area contributed by atoms with Crippen LogP contribution in [0.1, 0.15) is 38.4 Å². The Hall–Kier alpha value is -4.46. The van der Waals surface area contributed by atoms with Crippen molar-refractivity contribution in [3.8, 4) is 11.6 Å². The summed E-state index contributed by atoms with van der Waals surface area (Å²) in [5.74, 6) is -0.324. The van der Waals surface area contributed by atoms with Gasteiger partial charge in [0.15, 0.2) is 23.6 Å². The molecule has 1 fully saturated rings. The Morgan fingerprint density at radius 1 is 1.10 bits per heavy atom. The van der Waals surface area contributed by atoms with Gasteiger partial charge in [0.2, 0.25) is 5.88 Å². The van der Waals surface area contributed by atoms with E-state index in [9.17, 15) is 14.5 Å². The third-order valence-corrected chi connectivity index (χ3v) is 9.97. The molecule has 5 aromatic rings. The van der Waals surface area contributed by atoms with Crippen LogP contribution in [0.4, 0.5) is 4.39 Å². The molecule has 0 amide bonds. The maximum absolute atomic E-state index is 16.1. The summed E-state index contributed by atoms with van der Waals surface area (Å²) in [6.45, 7) is 5.80. The molecule has 0 spiro atoms. The molecule has 0 radical (unpaired) electrons. The lowest BCUT2D eigenvalue weighted by atomic mass is 9.98. The molecule has 6 atom stereocenters. The first kappa shape index (κ1) is 35.4. The van der Waals surface area contributed by atoms with E-state index in [1.54, 1.807) is 45.0 Å². The molecule has 1 unspecified atom stereocenters. The van der Waals surface area contributed by atoms with Crippen molar-refractivity contribution in [1.82, 2.24) is 24.6 Å². The molecule has 0 saturated carbocycles. The standard InChI is InChI=1S/C35H39FN5O8P/c1-21(2)28(33(42)46-18-23-12-7-6-8-13-23)40-50(44,49-26-17-11-15-24-14-9-10-16-25(24)26)47-19-27-30(36)35(4,43)34(48-27)41-20-37-29-31(41)38-22(3)39-32(29)45-5/h6-17,20-21,27-28,30,34,43H,18-19H2,1-5H3,(H,40,44)/t27-,28+,30-,34-,35-,50?/m1/s1. The molecule has 1 aliphatic rings. The van der Waals surface area contributed by atoms with Gasteiger partial charge in [0.05, 0.1) is 20.0 Å². The predicted molar refractivity (Wildman–Crippen MR) is 182 cm³/mol. The van der Waals surface area contributed by atoms with E-state index in [1.807, 2.05) is 48.5 Å². The number of ether oxygens (including phenoxy) is 3. The van der Waals surface area contributed by atoms with Gasteiger partial charge in [-0.25, -0.2) is 18.9 Å². The molecule has 0 bridgehead atoms. The van der Waals surface area contributed by atoms with E-state index in [0.29, 0.717) is 16.7 Å². The van der Waals surface area contributed by atoms with E-state index in [1.165, 1.54) is 24.9 Å². The second kappa shape index (κ2) is 14.4. The molecule has 2 N–H and O–H groups in total. The highest BCUT2D eigenvalue weighted by molar-refractivity contribution is 7.52. The minimum Gasteiger partial charge on any atom is -0.479 e. The fraction of sp³-hybridized carbons (Fsp3) is 0.371. The van der Waals surface area contributed by atoms with E-state index in [4.69, 9.17) is 23.3 Å². The van der Waals surface area contributed by atoms with Gasteiger partial charge in [-0.2, -0.15) is 10.1 Å². The number of methoxy groups -OCH3 is 1. The number of esters is 1. The van der Waals surface area contributed by atoms with Crippen molar-refractivity contribution in [2.45, 2.75) is 64.4 Å². The van der Waals surface area contributed by atoms with Gasteiger partial charge in [-0.3, -0.25) is 13.9 Å². The zero-order valence-electron chi connectivity index (χ0n) is 28.2. The highest BCUT2D eigenvalue weighted by Crippen LogP contribution is 2.49. The van der Waals surface area contributed by atoms with Crippen molar-refractivity contribution < 1.29 is 42.1 Å². The molecule has 13 nitrogen and oxygen atoms in total. The summed E-state index contributed by atoms with van der Waals surface area (Å²) in [5.41, 5.74) is -0.768. The Balaban J connectivity index is 1.27. The average Bonchev–Trinajstić information content (AvgIpc) is 3.62. The zero-order valence-corrected chi connectivity index (χ0v) is 29.1. The molecular weight excluding hydrogens is 668 g/mol. The summed E-state index contributed by atoms with van der Waals surface area (Å²) in [7, 11) is -3.06. The molecular formula is C35H39FN5O8P. The van der Waals surface area contributed by atoms with Crippen LogP contribution < -0.4 is 14.3 Å². The van der Waals surface area contributed by atoms with E-state index >= 15 is 4.39 Å². The number of halogens is 1. The molecule has 2 aromatic heterocycles. The summed E-state index contributed by atoms with van der Waals surface area (Å²) in [4.78, 5) is 26.3. The number of hydrogen-bond acceptors (Lipinski definition) is 11. The number of carbonyl (C=O) groups is 1. The number of nitrogens with one attached hydrogen (secondary N) is 1. The monoisotopic (exact) mass is 707 g/mol. The predicted octanol–water partition coefficient (Wildman–Crippen LogP) is 5.84. The largest absolute Gasteiger partial charge is 0.479 e. The molecule has 1 saturated heterocycles.